The predicted octanol–water partition coefficient (Wildman–Crippen LogP) is 3.29. The van der Waals surface area contributed by atoms with E-state index in [1.165, 1.54) is 60.5 Å². The number of phenolic OH excluding ortho intramolecular Hbond substituents is 1. The van der Waals surface area contributed by atoms with Crippen LogP contribution in [0.15, 0.2) is 53.9 Å². The minimum absolute atomic E-state index is 0.00261. The number of hydrogen-bond acceptors (Lipinski definition) is 27. The molecular formula is C78H112N14O28S3. The smallest absolute Gasteiger partial charge is 0.426 e. The molecule has 0 saturated carbocycles. The highest BCUT2D eigenvalue weighted by atomic mass is 33.1. The molecule has 12 amide bonds. The lowest BCUT2D eigenvalue weighted by molar-refractivity contribution is -0.161. The van der Waals surface area contributed by atoms with Crippen LogP contribution in [0.4, 0.5) is 14.4 Å². The number of hydrazine groups is 1. The topological polar surface area (TPSA) is 628 Å². The van der Waals surface area contributed by atoms with Crippen molar-refractivity contribution in [3.8, 4) is 5.75 Å². The molecule has 45 heteroatoms. The number of thiazole rings is 1. The van der Waals surface area contributed by atoms with E-state index in [4.69, 9.17) is 19.3 Å². The number of unbranched alkanes of at least 4 members (excludes halogenated alkanes) is 1. The van der Waals surface area contributed by atoms with Gasteiger partial charge in [0.15, 0.2) is 12.8 Å². The second-order valence-electron chi connectivity index (χ2n) is 29.5. The maximum atomic E-state index is 15.0. The summed E-state index contributed by atoms with van der Waals surface area (Å²) in [6.45, 7) is 11.9. The van der Waals surface area contributed by atoms with Crippen LogP contribution in [0, 0.1) is 17.8 Å². The van der Waals surface area contributed by atoms with Crippen molar-refractivity contribution in [2.75, 3.05) is 45.0 Å². The Bertz CT molecular complexity index is 4110. The van der Waals surface area contributed by atoms with Crippen LogP contribution < -0.4 is 58.7 Å². The summed E-state index contributed by atoms with van der Waals surface area (Å²) in [4.78, 5) is 238. The lowest BCUT2D eigenvalue weighted by atomic mass is 9.92. The Morgan fingerprint density at radius 2 is 1.24 bits per heavy atom. The number of piperidine rings is 1. The maximum Gasteiger partial charge on any atom is 0.426 e. The quantitative estimate of drug-likeness (QED) is 0.00962. The van der Waals surface area contributed by atoms with Gasteiger partial charge in [0.1, 0.15) is 59.3 Å². The number of carbonyl (C=O) groups is 18. The average Bonchev–Trinajstić information content (AvgIpc) is 1.60. The molecule has 1 aliphatic rings. The zero-order valence-corrected chi connectivity index (χ0v) is 71.9. The van der Waals surface area contributed by atoms with Crippen LogP contribution in [-0.2, 0) is 101 Å². The highest BCUT2D eigenvalue weighted by Crippen LogP contribution is 2.33. The molecular weight excluding hydrogens is 1680 g/mol. The number of amides is 12. The van der Waals surface area contributed by atoms with Crippen LogP contribution in [0.5, 0.6) is 5.75 Å². The molecule has 4 rings (SSSR count). The van der Waals surface area contributed by atoms with Crippen LogP contribution in [0.2, 0.25) is 0 Å². The Hall–Kier alpha value is -11.6. The third-order valence-electron chi connectivity index (χ3n) is 19.3. The van der Waals surface area contributed by atoms with Crippen molar-refractivity contribution in [2.45, 2.75) is 225 Å². The van der Waals surface area contributed by atoms with Crippen LogP contribution >= 0.6 is 32.9 Å². The summed E-state index contributed by atoms with van der Waals surface area (Å²) in [6.07, 6.45) is -2.14. The third-order valence-corrected chi connectivity index (χ3v) is 22.6. The molecule has 123 heavy (non-hydrogen) atoms. The average molecular weight is 1790 g/mol. The first-order valence-electron chi connectivity index (χ1n) is 39.7. The van der Waals surface area contributed by atoms with Crippen molar-refractivity contribution in [1.29, 1.82) is 0 Å². The summed E-state index contributed by atoms with van der Waals surface area (Å²) in [6, 6.07) is -1.38. The molecule has 2 unspecified atom stereocenters. The van der Waals surface area contributed by atoms with Gasteiger partial charge in [-0.25, -0.2) is 39.2 Å². The molecule has 1 aromatic heterocycles. The molecule has 680 valence electrons. The second kappa shape index (κ2) is 54.0. The first kappa shape index (κ1) is 104. The fourth-order valence-corrected chi connectivity index (χ4v) is 15.3. The Kier molecular flexibility index (Phi) is 45.6. The van der Waals surface area contributed by atoms with Gasteiger partial charge >= 0.3 is 65.9 Å². The van der Waals surface area contributed by atoms with Crippen molar-refractivity contribution < 1.29 is 136 Å². The summed E-state index contributed by atoms with van der Waals surface area (Å²) in [5.41, 5.74) is 5.82. The number of aliphatic carboxylic acids is 6. The lowest BCUT2D eigenvalue weighted by Gasteiger charge is -2.39. The largest absolute Gasteiger partial charge is 0.508 e. The van der Waals surface area contributed by atoms with Gasteiger partial charge in [-0.1, -0.05) is 112 Å². The summed E-state index contributed by atoms with van der Waals surface area (Å²) < 4.78 is 16.7. The number of rotatable bonds is 54. The summed E-state index contributed by atoms with van der Waals surface area (Å²) in [5, 5.41) is 90.2. The van der Waals surface area contributed by atoms with E-state index < -0.39 is 207 Å². The number of carboxylic acids is 6. The first-order valence-corrected chi connectivity index (χ1v) is 43.1. The van der Waals surface area contributed by atoms with E-state index in [1.807, 2.05) is 45.0 Å². The van der Waals surface area contributed by atoms with Gasteiger partial charge in [-0.15, -0.1) is 11.3 Å². The van der Waals surface area contributed by atoms with Gasteiger partial charge in [0.25, 0.3) is 5.91 Å². The third kappa shape index (κ3) is 39.0. The number of carbonyl (C=O) groups excluding carboxylic acids is 12. The molecule has 1 fully saturated rings. The van der Waals surface area contributed by atoms with E-state index in [2.05, 4.69) is 58.4 Å². The number of urea groups is 2. The van der Waals surface area contributed by atoms with E-state index in [0.29, 0.717) is 42.5 Å². The number of hydrogen-bond donors (Lipinski definition) is 18. The number of nitrogens with one attached hydrogen (secondary N) is 11. The van der Waals surface area contributed by atoms with Crippen molar-refractivity contribution >= 4 is 140 Å². The van der Waals surface area contributed by atoms with Gasteiger partial charge in [0.2, 0.25) is 35.4 Å². The van der Waals surface area contributed by atoms with Gasteiger partial charge in [0, 0.05) is 74.2 Å². The van der Waals surface area contributed by atoms with Crippen molar-refractivity contribution in [2.24, 2.45) is 17.8 Å². The van der Waals surface area contributed by atoms with Gasteiger partial charge in [0.05, 0.1) is 25.3 Å². The summed E-state index contributed by atoms with van der Waals surface area (Å²) in [7, 11) is 3.70. The Balaban J connectivity index is 1.29. The molecule has 1 saturated heterocycles. The molecule has 42 nitrogen and oxygen atoms in total. The fourth-order valence-electron chi connectivity index (χ4n) is 12.4. The van der Waals surface area contributed by atoms with Crippen molar-refractivity contribution in [1.82, 2.24) is 73.5 Å². The SMILES string of the molecule is CCCC(=O)OCN(C(=O)[C@@H](NC(=O)[C@H]1CCCCN1C)C(C)CC)C(C[C@@H](OC(C)=O)c1nc(C(=O)N[C@@H](Cc2ccc(O)cc2)C[C@H](C)C(=O)NNC(=O)OCCSSC[C@H](NC(=O)[C@H](CC(=O)O)NC(=O)[C@H](CC(=O)O)NC(=O)Cc2ccc(CNC(=O)NCCCC[C@H](NC(=O)N[C@@H](CCC(=O)O)C(=O)O)C(=O)O)cc2)C(=O)O)cs1)C(C)C. The lowest BCUT2D eigenvalue weighted by Crippen LogP contribution is -2.59. The monoisotopic (exact) mass is 1790 g/mol. The molecule has 2 heterocycles. The molecule has 0 spiro atoms. The minimum atomic E-state index is -2.00. The zero-order chi connectivity index (χ0) is 91.6. The maximum absolute atomic E-state index is 15.0. The number of carboxylic acid groups (broad SMARTS) is 6. The number of likely N-dealkylation sites (N-methyl/N-ethyl adjacent to an activating group) is 1. The summed E-state index contributed by atoms with van der Waals surface area (Å²) in [5.74, 6) is -18.2. The van der Waals surface area contributed by atoms with Gasteiger partial charge in [-0.05, 0) is 112 Å². The van der Waals surface area contributed by atoms with E-state index in [9.17, 15) is 112 Å². The zero-order valence-electron chi connectivity index (χ0n) is 69.4. The second-order valence-corrected chi connectivity index (χ2v) is 33.0. The van der Waals surface area contributed by atoms with Gasteiger partial charge < -0.3 is 103 Å². The fraction of sp³-hybridized carbons (Fsp3) is 0.577. The molecule has 3 aromatic rings. The molecule has 12 atom stereocenters. The Morgan fingerprint density at radius 1 is 0.634 bits per heavy atom. The number of aromatic hydroxyl groups is 1. The standard InChI is InChI=1S/C78H112N14O28S3/c1-9-15-64(102)119-41-92(72(108)65(43(5)10-2)88-70(107)57-17-12-14-29-91(57)8)58(42(3)4)37-59(120-45(7)93)71-85-55(39-121-71)69(106)81-49(33-46-22-24-50(94)25-23-46)32-44(6)66(103)89-90-78(117)118-30-31-122-123-40-56(75(113)114)84-68(105)54(36-63(100)101)83-67(104)53(35-62(98)99)82-60(95)34-47-18-20-48(21-19-47)38-80-76(115)79-28-13-11-16-51(73(109)110)86-77(116)87-52(74(111)112)26-27-61(96)97/h18-25,39,42-44,49,51-54,56-59,65,94H,9-17,26-38,40-41H2,1-8H3,(H,81,106)(H,82,95)(H,83,104)(H,84,105)(H,88,107)(H,89,103)(H,90,117)(H,96,97)(H,98,99)(H,100,101)(H,109,110)(H,111,112)(H,113,114)(H2,79,80,115)(H2,86,87,116)/t43?,44-,49+,51-,52-,53-,54-,56-,57+,58?,59+,65-/m0/s1. The van der Waals surface area contributed by atoms with Crippen molar-refractivity contribution in [3.05, 3.63) is 81.3 Å². The van der Waals surface area contributed by atoms with Crippen LogP contribution in [-0.4, -0.2) is 257 Å². The van der Waals surface area contributed by atoms with Gasteiger partial charge in [-0.2, -0.15) is 0 Å². The Labute approximate surface area is 720 Å². The van der Waals surface area contributed by atoms with Crippen LogP contribution in [0.1, 0.15) is 183 Å². The number of phenols is 1. The van der Waals surface area contributed by atoms with E-state index in [1.54, 1.807) is 19.1 Å². The minimum Gasteiger partial charge on any atom is -0.508 e. The molecule has 0 aliphatic carbocycles. The van der Waals surface area contributed by atoms with Crippen LogP contribution in [0.25, 0.3) is 0 Å². The highest BCUT2D eigenvalue weighted by Gasteiger charge is 2.41. The molecule has 1 aliphatic heterocycles. The van der Waals surface area contributed by atoms with Gasteiger partial charge in [-0.3, -0.25) is 67.9 Å². The highest BCUT2D eigenvalue weighted by molar-refractivity contribution is 8.76. The van der Waals surface area contributed by atoms with E-state index in [0.717, 1.165) is 45.8 Å². The van der Waals surface area contributed by atoms with E-state index >= 15 is 4.79 Å². The number of nitrogens with zero attached hydrogens (tertiary/aromatic N) is 3. The van der Waals surface area contributed by atoms with E-state index in [-0.39, 0.29) is 110 Å². The molecule has 0 bridgehead atoms. The van der Waals surface area contributed by atoms with Crippen LogP contribution in [0.3, 0.4) is 0 Å². The Morgan fingerprint density at radius 3 is 1.83 bits per heavy atom. The molecule has 18 N–H and O–H groups in total. The molecule has 2 aromatic carbocycles. The number of esters is 2. The number of likely N-dealkylation sites (tertiary alicyclic amines) is 1. The summed E-state index contributed by atoms with van der Waals surface area (Å²) >= 11 is 1.000. The molecule has 0 radical (unpaired) electrons. The normalized spacial score (nSPS) is 15.2. The number of ether oxygens (including phenoxy) is 3. The predicted molar refractivity (Wildman–Crippen MR) is 442 cm³/mol. The number of benzene rings is 2. The number of aromatic nitrogens is 1. The first-order chi connectivity index (χ1) is 58.2. The van der Waals surface area contributed by atoms with Crippen molar-refractivity contribution in [3.63, 3.8) is 0 Å².